The standard InChI is InChI=1S/C14H25NO4/c1-13(2,19-3)11(16)15-10-14(12(17)18)8-6-4-5-7-9-14/h4-10H2,1-3H3,(H,15,16)(H,17,18). The normalized spacial score (nSPS) is 19.5. The Morgan fingerprint density at radius 2 is 1.74 bits per heavy atom. The highest BCUT2D eigenvalue weighted by atomic mass is 16.5. The fraction of sp³-hybridized carbons (Fsp3) is 0.857. The number of nitrogens with one attached hydrogen (secondary N) is 1. The summed E-state index contributed by atoms with van der Waals surface area (Å²) in [7, 11) is 1.47. The minimum absolute atomic E-state index is 0.188. The van der Waals surface area contributed by atoms with Gasteiger partial charge in [0.25, 0.3) is 5.91 Å². The van der Waals surface area contributed by atoms with Gasteiger partial charge >= 0.3 is 5.97 Å². The average molecular weight is 271 g/mol. The molecule has 0 aromatic heterocycles. The Morgan fingerprint density at radius 3 is 2.16 bits per heavy atom. The van der Waals surface area contributed by atoms with Crippen LogP contribution in [0, 0.1) is 5.41 Å². The van der Waals surface area contributed by atoms with Crippen LogP contribution in [0.4, 0.5) is 0 Å². The molecular formula is C14H25NO4. The molecule has 1 rings (SSSR count). The molecule has 0 bridgehead atoms. The number of carbonyl (C=O) groups is 2. The molecule has 0 atom stereocenters. The second kappa shape index (κ2) is 6.37. The Morgan fingerprint density at radius 1 is 1.21 bits per heavy atom. The Balaban J connectivity index is 2.69. The zero-order valence-corrected chi connectivity index (χ0v) is 12.1. The van der Waals surface area contributed by atoms with Crippen LogP contribution in [0.15, 0.2) is 0 Å². The molecule has 0 aliphatic heterocycles. The molecule has 0 radical (unpaired) electrons. The van der Waals surface area contributed by atoms with E-state index in [0.29, 0.717) is 12.8 Å². The van der Waals surface area contributed by atoms with E-state index in [1.807, 2.05) is 0 Å². The van der Waals surface area contributed by atoms with E-state index in [4.69, 9.17) is 4.74 Å². The molecule has 0 aromatic rings. The topological polar surface area (TPSA) is 75.6 Å². The van der Waals surface area contributed by atoms with Crippen LogP contribution in [-0.4, -0.2) is 36.2 Å². The number of methoxy groups -OCH3 is 1. The summed E-state index contributed by atoms with van der Waals surface area (Å²) in [6.45, 7) is 3.53. The molecule has 0 aromatic carbocycles. The molecule has 1 amide bonds. The molecule has 1 saturated carbocycles. The van der Waals surface area contributed by atoms with Gasteiger partial charge in [-0.05, 0) is 26.7 Å². The monoisotopic (exact) mass is 271 g/mol. The number of carboxylic acid groups (broad SMARTS) is 1. The number of amides is 1. The Bertz CT molecular complexity index is 330. The lowest BCUT2D eigenvalue weighted by Gasteiger charge is -2.30. The Kier molecular flexibility index (Phi) is 5.35. The van der Waals surface area contributed by atoms with Crippen molar-refractivity contribution in [1.82, 2.24) is 5.32 Å². The van der Waals surface area contributed by atoms with Gasteiger partial charge in [-0.1, -0.05) is 25.7 Å². The molecule has 19 heavy (non-hydrogen) atoms. The van der Waals surface area contributed by atoms with Gasteiger partial charge < -0.3 is 15.2 Å². The summed E-state index contributed by atoms with van der Waals surface area (Å²) in [5, 5.41) is 12.3. The number of carbonyl (C=O) groups excluding carboxylic acids is 1. The third-order valence-corrected chi connectivity index (χ3v) is 4.16. The molecule has 0 spiro atoms. The lowest BCUT2D eigenvalue weighted by molar-refractivity contribution is -0.151. The number of ether oxygens (including phenoxy) is 1. The van der Waals surface area contributed by atoms with E-state index in [9.17, 15) is 14.7 Å². The zero-order chi connectivity index (χ0) is 14.5. The molecule has 0 unspecified atom stereocenters. The van der Waals surface area contributed by atoms with Gasteiger partial charge in [0.15, 0.2) is 0 Å². The van der Waals surface area contributed by atoms with E-state index in [0.717, 1.165) is 25.7 Å². The van der Waals surface area contributed by atoms with Gasteiger partial charge in [-0.3, -0.25) is 9.59 Å². The maximum Gasteiger partial charge on any atom is 0.311 e. The van der Waals surface area contributed by atoms with Crippen molar-refractivity contribution in [3.8, 4) is 0 Å². The third-order valence-electron chi connectivity index (χ3n) is 4.16. The first kappa shape index (κ1) is 16.0. The number of hydrogen-bond acceptors (Lipinski definition) is 3. The number of carboxylic acids is 1. The second-order valence-corrected chi connectivity index (χ2v) is 5.90. The summed E-state index contributed by atoms with van der Waals surface area (Å²) in [6.07, 6.45) is 5.25. The predicted molar refractivity (Wildman–Crippen MR) is 71.9 cm³/mol. The second-order valence-electron chi connectivity index (χ2n) is 5.90. The van der Waals surface area contributed by atoms with Crippen LogP contribution in [0.1, 0.15) is 52.4 Å². The lowest BCUT2D eigenvalue weighted by Crippen LogP contribution is -2.49. The van der Waals surface area contributed by atoms with Gasteiger partial charge in [-0.15, -0.1) is 0 Å². The van der Waals surface area contributed by atoms with Crippen molar-refractivity contribution in [1.29, 1.82) is 0 Å². The first-order valence-corrected chi connectivity index (χ1v) is 6.91. The van der Waals surface area contributed by atoms with Crippen molar-refractivity contribution in [2.45, 2.75) is 58.0 Å². The van der Waals surface area contributed by atoms with E-state index in [1.165, 1.54) is 7.11 Å². The summed E-state index contributed by atoms with van der Waals surface area (Å²) < 4.78 is 5.10. The van der Waals surface area contributed by atoms with Crippen LogP contribution in [0.25, 0.3) is 0 Å². The van der Waals surface area contributed by atoms with E-state index in [-0.39, 0.29) is 12.5 Å². The molecule has 5 heteroatoms. The van der Waals surface area contributed by atoms with Crippen molar-refractivity contribution < 1.29 is 19.4 Å². The van der Waals surface area contributed by atoms with E-state index in [1.54, 1.807) is 13.8 Å². The van der Waals surface area contributed by atoms with Crippen molar-refractivity contribution in [2.75, 3.05) is 13.7 Å². The highest BCUT2D eigenvalue weighted by molar-refractivity contribution is 5.85. The highest BCUT2D eigenvalue weighted by Gasteiger charge is 2.40. The van der Waals surface area contributed by atoms with E-state index in [2.05, 4.69) is 5.32 Å². The average Bonchev–Trinajstić information content (AvgIpc) is 2.62. The summed E-state index contributed by atoms with van der Waals surface area (Å²) in [5.74, 6) is -1.07. The Labute approximate surface area is 114 Å². The highest BCUT2D eigenvalue weighted by Crippen LogP contribution is 2.35. The quantitative estimate of drug-likeness (QED) is 0.749. The smallest absolute Gasteiger partial charge is 0.311 e. The lowest BCUT2D eigenvalue weighted by atomic mass is 9.80. The van der Waals surface area contributed by atoms with Gasteiger partial charge in [0, 0.05) is 13.7 Å². The molecule has 1 aliphatic carbocycles. The molecule has 110 valence electrons. The van der Waals surface area contributed by atoms with Crippen molar-refractivity contribution >= 4 is 11.9 Å². The third kappa shape index (κ3) is 3.93. The summed E-state index contributed by atoms with van der Waals surface area (Å²) in [5.41, 5.74) is -1.74. The van der Waals surface area contributed by atoms with Crippen LogP contribution >= 0.6 is 0 Å². The summed E-state index contributed by atoms with van der Waals surface area (Å²) in [6, 6.07) is 0. The molecule has 0 heterocycles. The predicted octanol–water partition coefficient (Wildman–Crippen LogP) is 1.95. The SMILES string of the molecule is COC(C)(C)C(=O)NCC1(C(=O)O)CCCCCC1. The summed E-state index contributed by atoms with van der Waals surface area (Å²) >= 11 is 0. The summed E-state index contributed by atoms with van der Waals surface area (Å²) in [4.78, 5) is 23.5. The maximum absolute atomic E-state index is 12.0. The van der Waals surface area contributed by atoms with Crippen molar-refractivity contribution in [2.24, 2.45) is 5.41 Å². The van der Waals surface area contributed by atoms with Crippen LogP contribution in [-0.2, 0) is 14.3 Å². The van der Waals surface area contributed by atoms with Crippen LogP contribution < -0.4 is 5.32 Å². The van der Waals surface area contributed by atoms with Gasteiger partial charge in [-0.2, -0.15) is 0 Å². The van der Waals surface area contributed by atoms with Gasteiger partial charge in [0.2, 0.25) is 0 Å². The fourth-order valence-electron chi connectivity index (χ4n) is 2.43. The minimum atomic E-state index is -0.926. The van der Waals surface area contributed by atoms with Gasteiger partial charge in [-0.25, -0.2) is 0 Å². The first-order chi connectivity index (χ1) is 8.84. The van der Waals surface area contributed by atoms with E-state index >= 15 is 0 Å². The number of rotatable bonds is 5. The van der Waals surface area contributed by atoms with Crippen LogP contribution in [0.2, 0.25) is 0 Å². The van der Waals surface area contributed by atoms with Crippen molar-refractivity contribution in [3.05, 3.63) is 0 Å². The molecule has 0 saturated heterocycles. The number of hydrogen-bond donors (Lipinski definition) is 2. The number of aliphatic carboxylic acids is 1. The van der Waals surface area contributed by atoms with Crippen molar-refractivity contribution in [3.63, 3.8) is 0 Å². The Hall–Kier alpha value is -1.10. The first-order valence-electron chi connectivity index (χ1n) is 6.91. The fourth-order valence-corrected chi connectivity index (χ4v) is 2.43. The van der Waals surface area contributed by atoms with E-state index < -0.39 is 17.0 Å². The van der Waals surface area contributed by atoms with Gasteiger partial charge in [0.1, 0.15) is 5.60 Å². The molecule has 1 fully saturated rings. The molecule has 2 N–H and O–H groups in total. The van der Waals surface area contributed by atoms with Crippen LogP contribution in [0.5, 0.6) is 0 Å². The maximum atomic E-state index is 12.0. The molecular weight excluding hydrogens is 246 g/mol. The minimum Gasteiger partial charge on any atom is -0.481 e. The largest absolute Gasteiger partial charge is 0.481 e. The van der Waals surface area contributed by atoms with Crippen LogP contribution in [0.3, 0.4) is 0 Å². The molecule has 5 nitrogen and oxygen atoms in total. The zero-order valence-electron chi connectivity index (χ0n) is 12.1. The van der Waals surface area contributed by atoms with Gasteiger partial charge in [0.05, 0.1) is 5.41 Å². The molecule has 1 aliphatic rings.